The van der Waals surface area contributed by atoms with Gasteiger partial charge < -0.3 is 10.1 Å². The van der Waals surface area contributed by atoms with Gasteiger partial charge in [-0.05, 0) is 70.9 Å². The molecule has 0 saturated heterocycles. The molecular formula is C22H28BrNO2. The second-order valence-electron chi connectivity index (χ2n) is 7.83. The number of benzene rings is 2. The second-order valence-corrected chi connectivity index (χ2v) is 8.69. The zero-order valence-electron chi connectivity index (χ0n) is 16.4. The van der Waals surface area contributed by atoms with Crippen LogP contribution in [0.25, 0.3) is 0 Å². The minimum absolute atomic E-state index is 0.0112. The van der Waals surface area contributed by atoms with Gasteiger partial charge in [0.1, 0.15) is 5.75 Å². The minimum atomic E-state index is -0.134. The minimum Gasteiger partial charge on any atom is -0.483 e. The van der Waals surface area contributed by atoms with Gasteiger partial charge in [0.15, 0.2) is 6.61 Å². The lowest BCUT2D eigenvalue weighted by Gasteiger charge is -2.20. The molecule has 0 aromatic heterocycles. The third-order valence-electron chi connectivity index (χ3n) is 4.44. The van der Waals surface area contributed by atoms with Crippen LogP contribution in [0.5, 0.6) is 5.75 Å². The molecule has 3 nitrogen and oxygen atoms in total. The summed E-state index contributed by atoms with van der Waals surface area (Å²) in [6.07, 6.45) is 0. The first-order valence-corrected chi connectivity index (χ1v) is 9.66. The average molecular weight is 418 g/mol. The Labute approximate surface area is 165 Å². The number of hydrogen-bond donors (Lipinski definition) is 1. The number of rotatable bonds is 5. The fourth-order valence-corrected chi connectivity index (χ4v) is 3.31. The summed E-state index contributed by atoms with van der Waals surface area (Å²) in [6.45, 7) is 12.6. The highest BCUT2D eigenvalue weighted by Crippen LogP contribution is 2.31. The monoisotopic (exact) mass is 417 g/mol. The molecule has 0 aliphatic carbocycles. The average Bonchev–Trinajstić information content (AvgIpc) is 2.54. The van der Waals surface area contributed by atoms with Crippen molar-refractivity contribution in [2.24, 2.45) is 0 Å². The van der Waals surface area contributed by atoms with Gasteiger partial charge in [-0.1, -0.05) is 50.6 Å². The highest BCUT2D eigenvalue weighted by Gasteiger charge is 2.16. The molecule has 2 aromatic carbocycles. The number of carbonyl (C=O) groups is 1. The Morgan fingerprint density at radius 3 is 2.46 bits per heavy atom. The number of hydrogen-bond acceptors (Lipinski definition) is 2. The van der Waals surface area contributed by atoms with Crippen LogP contribution < -0.4 is 10.1 Å². The number of ether oxygens (including phenoxy) is 1. The number of nitrogens with one attached hydrogen (secondary N) is 1. The maximum Gasteiger partial charge on any atom is 0.258 e. The summed E-state index contributed by atoms with van der Waals surface area (Å²) in [6, 6.07) is 12.2. The Kier molecular flexibility index (Phi) is 6.51. The molecule has 0 spiro atoms. The number of carbonyl (C=O) groups excluding carboxylic acids is 1. The van der Waals surface area contributed by atoms with Gasteiger partial charge in [-0.15, -0.1) is 0 Å². The molecule has 1 atom stereocenters. The molecule has 0 saturated carbocycles. The Bertz CT molecular complexity index is 793. The van der Waals surface area contributed by atoms with Crippen molar-refractivity contribution in [1.29, 1.82) is 0 Å². The van der Waals surface area contributed by atoms with Crippen LogP contribution in [0, 0.1) is 13.8 Å². The van der Waals surface area contributed by atoms with Crippen molar-refractivity contribution in [3.63, 3.8) is 0 Å². The predicted octanol–water partition coefficient (Wildman–Crippen LogP) is 5.62. The van der Waals surface area contributed by atoms with Gasteiger partial charge in [0.2, 0.25) is 0 Å². The molecule has 1 unspecified atom stereocenters. The second kappa shape index (κ2) is 8.26. The van der Waals surface area contributed by atoms with Gasteiger partial charge in [-0.3, -0.25) is 4.79 Å². The number of aryl methyl sites for hydroxylation is 2. The van der Waals surface area contributed by atoms with Crippen LogP contribution in [0.3, 0.4) is 0 Å². The first-order chi connectivity index (χ1) is 12.1. The summed E-state index contributed by atoms with van der Waals surface area (Å²) in [5.74, 6) is 0.540. The summed E-state index contributed by atoms with van der Waals surface area (Å²) in [7, 11) is 0. The topological polar surface area (TPSA) is 38.3 Å². The van der Waals surface area contributed by atoms with E-state index in [4.69, 9.17) is 4.74 Å². The van der Waals surface area contributed by atoms with Crippen LogP contribution in [0.15, 0.2) is 40.9 Å². The van der Waals surface area contributed by atoms with E-state index in [1.165, 1.54) is 16.7 Å². The third-order valence-corrected chi connectivity index (χ3v) is 5.06. The van der Waals surface area contributed by atoms with Crippen LogP contribution in [-0.2, 0) is 10.2 Å². The normalized spacial score (nSPS) is 12.6. The molecule has 1 N–H and O–H groups in total. The van der Waals surface area contributed by atoms with Crippen LogP contribution >= 0.6 is 15.9 Å². The molecule has 140 valence electrons. The lowest BCUT2D eigenvalue weighted by Crippen LogP contribution is -2.31. The molecule has 0 heterocycles. The van der Waals surface area contributed by atoms with Crippen LogP contribution in [-0.4, -0.2) is 12.5 Å². The molecule has 26 heavy (non-hydrogen) atoms. The summed E-state index contributed by atoms with van der Waals surface area (Å²) in [4.78, 5) is 12.3. The van der Waals surface area contributed by atoms with Gasteiger partial charge in [-0.2, -0.15) is 0 Å². The molecule has 2 aromatic rings. The Balaban J connectivity index is 1.97. The molecule has 0 aliphatic heterocycles. The van der Waals surface area contributed by atoms with E-state index in [2.05, 4.69) is 74.1 Å². The molecule has 0 fully saturated rings. The Morgan fingerprint density at radius 2 is 1.85 bits per heavy atom. The van der Waals surface area contributed by atoms with E-state index in [9.17, 15) is 4.79 Å². The highest BCUT2D eigenvalue weighted by atomic mass is 79.9. The van der Waals surface area contributed by atoms with E-state index in [1.807, 2.05) is 25.1 Å². The van der Waals surface area contributed by atoms with Crippen LogP contribution in [0.1, 0.15) is 56.0 Å². The van der Waals surface area contributed by atoms with E-state index < -0.39 is 0 Å². The van der Waals surface area contributed by atoms with E-state index >= 15 is 0 Å². The summed E-state index contributed by atoms with van der Waals surface area (Å²) in [5.41, 5.74) is 4.77. The Hall–Kier alpha value is -1.81. The van der Waals surface area contributed by atoms with Crippen molar-refractivity contribution >= 4 is 21.8 Å². The fraction of sp³-hybridized carbons (Fsp3) is 0.409. The summed E-state index contributed by atoms with van der Waals surface area (Å²) < 4.78 is 6.56. The standard InChI is InChI=1S/C22H28BrNO2/c1-14-7-8-15(2)18(11-14)16(3)24-21(25)13-26-20-10-9-17(12-19(20)23)22(4,5)6/h7-12,16H,13H2,1-6H3,(H,24,25). The molecule has 0 radical (unpaired) electrons. The number of amides is 1. The van der Waals surface area contributed by atoms with Crippen molar-refractivity contribution in [2.45, 2.75) is 53.0 Å². The SMILES string of the molecule is Cc1ccc(C)c(C(C)NC(=O)COc2ccc(C(C)(C)C)cc2Br)c1. The van der Waals surface area contributed by atoms with E-state index in [-0.39, 0.29) is 24.0 Å². The molecular weight excluding hydrogens is 390 g/mol. The van der Waals surface area contributed by atoms with Crippen molar-refractivity contribution in [1.82, 2.24) is 5.32 Å². The molecule has 0 bridgehead atoms. The lowest BCUT2D eigenvalue weighted by molar-refractivity contribution is -0.123. The van der Waals surface area contributed by atoms with E-state index in [0.717, 1.165) is 10.0 Å². The van der Waals surface area contributed by atoms with Crippen molar-refractivity contribution < 1.29 is 9.53 Å². The highest BCUT2D eigenvalue weighted by molar-refractivity contribution is 9.10. The van der Waals surface area contributed by atoms with Crippen LogP contribution in [0.2, 0.25) is 0 Å². The van der Waals surface area contributed by atoms with Crippen LogP contribution in [0.4, 0.5) is 0 Å². The van der Waals surface area contributed by atoms with Gasteiger partial charge in [0, 0.05) is 0 Å². The number of halogens is 1. The maximum atomic E-state index is 12.3. The summed E-state index contributed by atoms with van der Waals surface area (Å²) >= 11 is 3.54. The first kappa shape index (κ1) is 20.5. The van der Waals surface area contributed by atoms with Crippen molar-refractivity contribution in [3.8, 4) is 5.75 Å². The smallest absolute Gasteiger partial charge is 0.258 e. The van der Waals surface area contributed by atoms with Gasteiger partial charge in [0.25, 0.3) is 5.91 Å². The zero-order valence-corrected chi connectivity index (χ0v) is 18.0. The third kappa shape index (κ3) is 5.34. The quantitative estimate of drug-likeness (QED) is 0.685. The zero-order chi connectivity index (χ0) is 19.5. The van der Waals surface area contributed by atoms with Gasteiger partial charge in [-0.25, -0.2) is 0 Å². The van der Waals surface area contributed by atoms with E-state index in [0.29, 0.717) is 5.75 Å². The fourth-order valence-electron chi connectivity index (χ4n) is 2.82. The molecule has 1 amide bonds. The first-order valence-electron chi connectivity index (χ1n) is 8.87. The maximum absolute atomic E-state index is 12.3. The summed E-state index contributed by atoms with van der Waals surface area (Å²) in [5, 5.41) is 3.01. The van der Waals surface area contributed by atoms with Gasteiger partial charge >= 0.3 is 0 Å². The lowest BCUT2D eigenvalue weighted by atomic mass is 9.87. The van der Waals surface area contributed by atoms with Crippen molar-refractivity contribution in [2.75, 3.05) is 6.61 Å². The van der Waals surface area contributed by atoms with E-state index in [1.54, 1.807) is 0 Å². The Morgan fingerprint density at radius 1 is 1.15 bits per heavy atom. The molecule has 0 aliphatic rings. The van der Waals surface area contributed by atoms with Crippen molar-refractivity contribution in [3.05, 3.63) is 63.1 Å². The predicted molar refractivity (Wildman–Crippen MR) is 111 cm³/mol. The largest absolute Gasteiger partial charge is 0.483 e. The molecule has 4 heteroatoms. The molecule has 2 rings (SSSR count). The van der Waals surface area contributed by atoms with Gasteiger partial charge in [0.05, 0.1) is 10.5 Å².